The Balaban J connectivity index is 1.97. The fourth-order valence-electron chi connectivity index (χ4n) is 3.13. The number of ether oxygens (including phenoxy) is 1. The topological polar surface area (TPSA) is 119 Å². The van der Waals surface area contributed by atoms with Gasteiger partial charge in [-0.3, -0.25) is 4.55 Å². The Hall–Kier alpha value is -2.42. The van der Waals surface area contributed by atoms with E-state index in [1.165, 1.54) is 6.07 Å². The number of carbonyl (C=O) groups is 1. The molecule has 2 aromatic rings. The maximum Gasteiger partial charge on any atom is 0.341 e. The maximum absolute atomic E-state index is 12.8. The number of esters is 1. The normalized spacial score (nSPS) is 16.8. The first-order chi connectivity index (χ1) is 12.3. The number of rotatable bonds is 4. The Labute approximate surface area is 151 Å². The number of hydrogen-bond acceptors (Lipinski definition) is 6. The lowest BCUT2D eigenvalue weighted by Crippen LogP contribution is -2.43. The minimum absolute atomic E-state index is 0.0829. The van der Waals surface area contributed by atoms with Crippen LogP contribution in [0.2, 0.25) is 0 Å². The zero-order valence-corrected chi connectivity index (χ0v) is 14.8. The second-order valence-electron chi connectivity index (χ2n) is 6.22. The summed E-state index contributed by atoms with van der Waals surface area (Å²) in [5.41, 5.74) is 5.88. The summed E-state index contributed by atoms with van der Waals surface area (Å²) in [4.78, 5) is 12.4. The van der Waals surface area contributed by atoms with Crippen LogP contribution in [0.3, 0.4) is 0 Å². The van der Waals surface area contributed by atoms with Gasteiger partial charge in [-0.05, 0) is 36.9 Å². The summed E-state index contributed by atoms with van der Waals surface area (Å²) in [6, 6.07) is 12.9. The van der Waals surface area contributed by atoms with Gasteiger partial charge in [0.1, 0.15) is 5.60 Å². The zero-order chi connectivity index (χ0) is 18.8. The van der Waals surface area contributed by atoms with Crippen LogP contribution < -0.4 is 11.1 Å². The monoisotopic (exact) mass is 376 g/mol. The van der Waals surface area contributed by atoms with Gasteiger partial charge in [0.2, 0.25) is 0 Å². The molecule has 0 atom stereocenters. The molecule has 0 radical (unpaired) electrons. The Morgan fingerprint density at radius 3 is 2.38 bits per heavy atom. The van der Waals surface area contributed by atoms with Crippen molar-refractivity contribution in [3.63, 3.8) is 0 Å². The average Bonchev–Trinajstić information content (AvgIpc) is 2.62. The van der Waals surface area contributed by atoms with Gasteiger partial charge in [0.25, 0.3) is 10.1 Å². The van der Waals surface area contributed by atoms with E-state index in [2.05, 4.69) is 5.32 Å². The van der Waals surface area contributed by atoms with E-state index < -0.39 is 26.6 Å². The summed E-state index contributed by atoms with van der Waals surface area (Å²) in [6.07, 6.45) is 1.17. The number of nitrogens with one attached hydrogen (secondary N) is 1. The molecule has 138 valence electrons. The fourth-order valence-corrected chi connectivity index (χ4v) is 3.63. The highest BCUT2D eigenvalue weighted by molar-refractivity contribution is 7.85. The standard InChI is InChI=1S/C18H20N2O5S/c19-16-7-6-14(26(22,23)24)12-15(16)17(21)25-18(8-10-20-11-9-18)13-4-2-1-3-5-13/h1-7,12,20H,8-11,19H2,(H,22,23,24). The summed E-state index contributed by atoms with van der Waals surface area (Å²) in [5.74, 6) is -0.723. The minimum Gasteiger partial charge on any atom is -0.450 e. The molecule has 0 bridgehead atoms. The lowest BCUT2D eigenvalue weighted by molar-refractivity contribution is -0.0377. The molecule has 1 saturated heterocycles. The van der Waals surface area contributed by atoms with E-state index in [-0.39, 0.29) is 11.3 Å². The minimum atomic E-state index is -4.45. The molecule has 0 aliphatic carbocycles. The van der Waals surface area contributed by atoms with Crippen LogP contribution in [0, 0.1) is 0 Å². The molecule has 3 rings (SSSR count). The number of nitrogens with two attached hydrogens (primary N) is 1. The summed E-state index contributed by atoms with van der Waals surface area (Å²) in [7, 11) is -4.45. The van der Waals surface area contributed by atoms with Crippen molar-refractivity contribution >= 4 is 21.8 Å². The summed E-state index contributed by atoms with van der Waals surface area (Å²) >= 11 is 0. The van der Waals surface area contributed by atoms with Crippen LogP contribution in [0.4, 0.5) is 5.69 Å². The predicted octanol–water partition coefficient (Wildman–Crippen LogP) is 1.95. The second-order valence-corrected chi connectivity index (χ2v) is 7.65. The summed E-state index contributed by atoms with van der Waals surface area (Å²) in [6.45, 7) is 1.37. The molecule has 0 amide bonds. The average molecular weight is 376 g/mol. The smallest absolute Gasteiger partial charge is 0.341 e. The molecule has 1 fully saturated rings. The lowest BCUT2D eigenvalue weighted by Gasteiger charge is -2.37. The van der Waals surface area contributed by atoms with E-state index in [0.717, 1.165) is 17.7 Å². The zero-order valence-electron chi connectivity index (χ0n) is 14.0. The molecule has 1 aliphatic heterocycles. The molecule has 8 heteroatoms. The third-order valence-electron chi connectivity index (χ3n) is 4.54. The van der Waals surface area contributed by atoms with E-state index in [9.17, 15) is 17.8 Å². The van der Waals surface area contributed by atoms with Gasteiger partial charge in [0.05, 0.1) is 10.5 Å². The van der Waals surface area contributed by atoms with Crippen LogP contribution in [0.5, 0.6) is 0 Å². The van der Waals surface area contributed by atoms with Crippen molar-refractivity contribution in [3.05, 3.63) is 59.7 Å². The van der Waals surface area contributed by atoms with Gasteiger partial charge in [0, 0.05) is 18.5 Å². The van der Waals surface area contributed by atoms with E-state index in [0.29, 0.717) is 25.9 Å². The molecule has 7 nitrogen and oxygen atoms in total. The number of anilines is 1. The van der Waals surface area contributed by atoms with E-state index in [1.807, 2.05) is 30.3 Å². The first kappa shape index (κ1) is 18.4. The number of nitrogen functional groups attached to an aromatic ring is 1. The highest BCUT2D eigenvalue weighted by atomic mass is 32.2. The lowest BCUT2D eigenvalue weighted by atomic mass is 9.84. The molecule has 0 saturated carbocycles. The van der Waals surface area contributed by atoms with E-state index >= 15 is 0 Å². The van der Waals surface area contributed by atoms with E-state index in [4.69, 9.17) is 10.5 Å². The molecule has 2 aromatic carbocycles. The Bertz CT molecular complexity index is 906. The van der Waals surface area contributed by atoms with Crippen LogP contribution in [-0.2, 0) is 20.5 Å². The molecule has 0 spiro atoms. The van der Waals surface area contributed by atoms with Crippen molar-refractivity contribution in [1.82, 2.24) is 5.32 Å². The summed E-state index contributed by atoms with van der Waals surface area (Å²) in [5, 5.41) is 3.23. The quantitative estimate of drug-likeness (QED) is 0.424. The number of hydrogen-bond donors (Lipinski definition) is 3. The molecule has 1 aliphatic rings. The largest absolute Gasteiger partial charge is 0.450 e. The van der Waals surface area contributed by atoms with Crippen molar-refractivity contribution < 1.29 is 22.5 Å². The van der Waals surface area contributed by atoms with Gasteiger partial charge < -0.3 is 15.8 Å². The molecular weight excluding hydrogens is 356 g/mol. The van der Waals surface area contributed by atoms with Gasteiger partial charge in [-0.15, -0.1) is 0 Å². The highest BCUT2D eigenvalue weighted by Crippen LogP contribution is 2.36. The van der Waals surface area contributed by atoms with Crippen molar-refractivity contribution in [2.75, 3.05) is 18.8 Å². The fraction of sp³-hybridized carbons (Fsp3) is 0.278. The maximum atomic E-state index is 12.8. The number of piperidine rings is 1. The van der Waals surface area contributed by atoms with Crippen molar-refractivity contribution in [2.24, 2.45) is 0 Å². The first-order valence-electron chi connectivity index (χ1n) is 8.18. The molecule has 26 heavy (non-hydrogen) atoms. The Morgan fingerprint density at radius 2 is 1.77 bits per heavy atom. The van der Waals surface area contributed by atoms with Crippen LogP contribution in [0.15, 0.2) is 53.4 Å². The van der Waals surface area contributed by atoms with Gasteiger partial charge in [-0.1, -0.05) is 30.3 Å². The Kier molecular flexibility index (Phi) is 4.99. The van der Waals surface area contributed by atoms with Gasteiger partial charge >= 0.3 is 5.97 Å². The number of benzene rings is 2. The van der Waals surface area contributed by atoms with Crippen molar-refractivity contribution in [2.45, 2.75) is 23.3 Å². The highest BCUT2D eigenvalue weighted by Gasteiger charge is 2.38. The van der Waals surface area contributed by atoms with Crippen molar-refractivity contribution in [1.29, 1.82) is 0 Å². The molecule has 4 N–H and O–H groups in total. The second kappa shape index (κ2) is 7.06. The molecule has 0 unspecified atom stereocenters. The van der Waals surface area contributed by atoms with Gasteiger partial charge in [-0.25, -0.2) is 4.79 Å². The van der Waals surface area contributed by atoms with Gasteiger partial charge in [-0.2, -0.15) is 8.42 Å². The van der Waals surface area contributed by atoms with Crippen molar-refractivity contribution in [3.8, 4) is 0 Å². The van der Waals surface area contributed by atoms with Crippen LogP contribution in [-0.4, -0.2) is 32.0 Å². The predicted molar refractivity (Wildman–Crippen MR) is 96.3 cm³/mol. The Morgan fingerprint density at radius 1 is 1.12 bits per heavy atom. The van der Waals surface area contributed by atoms with Crippen LogP contribution >= 0.6 is 0 Å². The summed E-state index contributed by atoms with van der Waals surface area (Å²) < 4.78 is 37.8. The third kappa shape index (κ3) is 3.72. The SMILES string of the molecule is Nc1ccc(S(=O)(=O)O)cc1C(=O)OC1(c2ccccc2)CCNCC1. The molecule has 1 heterocycles. The van der Waals surface area contributed by atoms with Gasteiger partial charge in [0.15, 0.2) is 0 Å². The van der Waals surface area contributed by atoms with Crippen LogP contribution in [0.1, 0.15) is 28.8 Å². The first-order valence-corrected chi connectivity index (χ1v) is 9.62. The van der Waals surface area contributed by atoms with E-state index in [1.54, 1.807) is 0 Å². The number of carbonyl (C=O) groups excluding carboxylic acids is 1. The van der Waals surface area contributed by atoms with Crippen LogP contribution in [0.25, 0.3) is 0 Å². The molecular formula is C18H20N2O5S. The molecule has 0 aromatic heterocycles. The third-order valence-corrected chi connectivity index (χ3v) is 5.39.